The number of aryl methyl sites for hydroxylation is 1. The molecule has 0 saturated carbocycles. The second-order valence-electron chi connectivity index (χ2n) is 4.78. The summed E-state index contributed by atoms with van der Waals surface area (Å²) in [5.41, 5.74) is 4.19. The molecule has 22 heavy (non-hydrogen) atoms. The number of nitrogens with zero attached hydrogens (tertiary/aromatic N) is 2. The zero-order chi connectivity index (χ0) is 15.5. The van der Waals surface area contributed by atoms with Gasteiger partial charge in [0.25, 0.3) is 11.5 Å². The third-order valence-corrected chi connectivity index (χ3v) is 3.09. The van der Waals surface area contributed by atoms with Crippen LogP contribution in [0.2, 0.25) is 0 Å². The van der Waals surface area contributed by atoms with Gasteiger partial charge in [0, 0.05) is 11.2 Å². The average molecular weight is 295 g/mol. The Hall–Kier alpha value is -3.22. The Bertz CT molecular complexity index is 923. The van der Waals surface area contributed by atoms with Crippen LogP contribution in [0.5, 0.6) is 0 Å². The number of aromatic nitrogens is 3. The average Bonchev–Trinajstić information content (AvgIpc) is 2.94. The summed E-state index contributed by atoms with van der Waals surface area (Å²) < 4.78 is 0. The smallest absolute Gasteiger partial charge is 0.291 e. The minimum atomic E-state index is -0.446. The van der Waals surface area contributed by atoms with Crippen molar-refractivity contribution in [1.82, 2.24) is 20.6 Å². The molecular formula is C15H13N5O2. The van der Waals surface area contributed by atoms with E-state index < -0.39 is 5.91 Å². The number of carbonyl (C=O) groups excluding carboxylic acids is 1. The van der Waals surface area contributed by atoms with Crippen molar-refractivity contribution >= 4 is 23.0 Å². The van der Waals surface area contributed by atoms with Crippen molar-refractivity contribution in [1.29, 1.82) is 0 Å². The van der Waals surface area contributed by atoms with Gasteiger partial charge in [0.15, 0.2) is 5.69 Å². The molecule has 0 radical (unpaired) electrons. The Labute approximate surface area is 125 Å². The van der Waals surface area contributed by atoms with E-state index in [0.29, 0.717) is 5.56 Å². The lowest BCUT2D eigenvalue weighted by Crippen LogP contribution is -2.19. The van der Waals surface area contributed by atoms with Gasteiger partial charge in [-0.1, -0.05) is 18.2 Å². The number of aromatic amines is 2. The Balaban J connectivity index is 1.79. The van der Waals surface area contributed by atoms with E-state index in [-0.39, 0.29) is 11.3 Å². The van der Waals surface area contributed by atoms with E-state index in [1.807, 2.05) is 24.3 Å². The van der Waals surface area contributed by atoms with Gasteiger partial charge < -0.3 is 4.98 Å². The van der Waals surface area contributed by atoms with E-state index in [2.05, 4.69) is 25.7 Å². The molecule has 0 bridgehead atoms. The number of H-pyrrole nitrogens is 2. The summed E-state index contributed by atoms with van der Waals surface area (Å²) in [5.74, 6) is -0.446. The number of nitrogens with one attached hydrogen (secondary N) is 3. The Morgan fingerprint density at radius 2 is 2.14 bits per heavy atom. The van der Waals surface area contributed by atoms with E-state index >= 15 is 0 Å². The van der Waals surface area contributed by atoms with E-state index in [1.54, 1.807) is 19.1 Å². The van der Waals surface area contributed by atoms with Crippen LogP contribution in [0.25, 0.3) is 10.9 Å². The molecule has 7 nitrogen and oxygen atoms in total. The molecule has 0 aliphatic carbocycles. The highest BCUT2D eigenvalue weighted by Gasteiger charge is 2.07. The largest absolute Gasteiger partial charge is 0.321 e. The van der Waals surface area contributed by atoms with Gasteiger partial charge in [-0.3, -0.25) is 14.7 Å². The molecule has 1 aromatic carbocycles. The third kappa shape index (κ3) is 2.78. The molecular weight excluding hydrogens is 282 g/mol. The van der Waals surface area contributed by atoms with Crippen LogP contribution in [-0.2, 0) is 0 Å². The normalized spacial score (nSPS) is 11.1. The monoisotopic (exact) mass is 295 g/mol. The van der Waals surface area contributed by atoms with Crippen molar-refractivity contribution in [2.45, 2.75) is 6.92 Å². The number of pyridine rings is 1. The summed E-state index contributed by atoms with van der Waals surface area (Å²) in [6.45, 7) is 1.79. The van der Waals surface area contributed by atoms with E-state index in [0.717, 1.165) is 16.6 Å². The number of hydrogen-bond donors (Lipinski definition) is 3. The number of rotatable bonds is 3. The number of carbonyl (C=O) groups is 1. The molecule has 0 fully saturated rings. The third-order valence-electron chi connectivity index (χ3n) is 3.09. The maximum atomic E-state index is 11.9. The molecule has 7 heteroatoms. The SMILES string of the molecule is Cc1cc(C(=O)N/N=C\c2cc3ccccc3[nH]c2=O)n[nH]1. The van der Waals surface area contributed by atoms with E-state index in [4.69, 9.17) is 0 Å². The second-order valence-corrected chi connectivity index (χ2v) is 4.78. The van der Waals surface area contributed by atoms with Crippen LogP contribution in [0.1, 0.15) is 21.7 Å². The van der Waals surface area contributed by atoms with Crippen molar-refractivity contribution in [2.24, 2.45) is 5.10 Å². The van der Waals surface area contributed by atoms with Crippen LogP contribution < -0.4 is 11.0 Å². The number of fused-ring (bicyclic) bond motifs is 1. The predicted molar refractivity (Wildman–Crippen MR) is 83.0 cm³/mol. The fourth-order valence-corrected chi connectivity index (χ4v) is 2.01. The number of hydrogen-bond acceptors (Lipinski definition) is 4. The van der Waals surface area contributed by atoms with Crippen LogP contribution in [0, 0.1) is 6.92 Å². The van der Waals surface area contributed by atoms with Crippen molar-refractivity contribution in [3.8, 4) is 0 Å². The molecule has 0 aliphatic heterocycles. The van der Waals surface area contributed by atoms with E-state index in [9.17, 15) is 9.59 Å². The first-order valence-electron chi connectivity index (χ1n) is 6.61. The highest BCUT2D eigenvalue weighted by molar-refractivity contribution is 5.93. The van der Waals surface area contributed by atoms with E-state index in [1.165, 1.54) is 6.21 Å². The molecule has 3 aromatic rings. The summed E-state index contributed by atoms with van der Waals surface area (Å²) in [6, 6.07) is 10.7. The first-order chi connectivity index (χ1) is 10.6. The van der Waals surface area contributed by atoms with Crippen LogP contribution in [0.15, 0.2) is 46.3 Å². The molecule has 0 saturated heterocycles. The fraction of sp³-hybridized carbons (Fsp3) is 0.0667. The summed E-state index contributed by atoms with van der Waals surface area (Å²) >= 11 is 0. The standard InChI is InChI=1S/C15H13N5O2/c1-9-6-13(19-18-9)15(22)20-16-8-11-7-10-4-2-3-5-12(10)17-14(11)21/h2-8H,1H3,(H,17,21)(H,18,19)(H,20,22)/b16-8-. The maximum absolute atomic E-state index is 11.9. The van der Waals surface area contributed by atoms with Gasteiger partial charge >= 0.3 is 0 Å². The molecule has 2 heterocycles. The molecule has 110 valence electrons. The topological polar surface area (TPSA) is 103 Å². The van der Waals surface area contributed by atoms with Crippen molar-refractivity contribution in [3.05, 3.63) is 63.7 Å². The zero-order valence-corrected chi connectivity index (χ0v) is 11.8. The van der Waals surface area contributed by atoms with Gasteiger partial charge in [-0.15, -0.1) is 0 Å². The molecule has 3 N–H and O–H groups in total. The van der Waals surface area contributed by atoms with Gasteiger partial charge in [-0.05, 0) is 30.5 Å². The Morgan fingerprint density at radius 3 is 2.91 bits per heavy atom. The summed E-state index contributed by atoms with van der Waals surface area (Å²) in [5, 5.41) is 11.2. The summed E-state index contributed by atoms with van der Waals surface area (Å²) in [7, 11) is 0. The molecule has 0 atom stereocenters. The predicted octanol–water partition coefficient (Wildman–Crippen LogP) is 1.32. The van der Waals surface area contributed by atoms with Crippen LogP contribution in [0.3, 0.4) is 0 Å². The number of hydrazone groups is 1. The summed E-state index contributed by atoms with van der Waals surface area (Å²) in [6.07, 6.45) is 1.31. The van der Waals surface area contributed by atoms with Crippen LogP contribution >= 0.6 is 0 Å². The van der Waals surface area contributed by atoms with Crippen molar-refractivity contribution < 1.29 is 4.79 Å². The first kappa shape index (κ1) is 13.7. The number of para-hydroxylation sites is 1. The van der Waals surface area contributed by atoms with Gasteiger partial charge in [0.2, 0.25) is 0 Å². The highest BCUT2D eigenvalue weighted by atomic mass is 16.2. The summed E-state index contributed by atoms with van der Waals surface area (Å²) in [4.78, 5) is 26.4. The highest BCUT2D eigenvalue weighted by Crippen LogP contribution is 2.08. The Kier molecular flexibility index (Phi) is 3.53. The number of amides is 1. The van der Waals surface area contributed by atoms with Gasteiger partial charge in [-0.2, -0.15) is 10.2 Å². The van der Waals surface area contributed by atoms with Crippen molar-refractivity contribution in [3.63, 3.8) is 0 Å². The lowest BCUT2D eigenvalue weighted by Gasteiger charge is -1.99. The molecule has 1 amide bonds. The maximum Gasteiger partial charge on any atom is 0.291 e. The van der Waals surface area contributed by atoms with Crippen LogP contribution in [-0.4, -0.2) is 27.3 Å². The van der Waals surface area contributed by atoms with Gasteiger partial charge in [0.1, 0.15) is 0 Å². The number of benzene rings is 1. The second kappa shape index (κ2) is 5.65. The minimum absolute atomic E-state index is 0.238. The minimum Gasteiger partial charge on any atom is -0.321 e. The van der Waals surface area contributed by atoms with Crippen molar-refractivity contribution in [2.75, 3.05) is 0 Å². The zero-order valence-electron chi connectivity index (χ0n) is 11.8. The quantitative estimate of drug-likeness (QED) is 0.501. The fourth-order valence-electron chi connectivity index (χ4n) is 2.01. The van der Waals surface area contributed by atoms with Gasteiger partial charge in [0.05, 0.1) is 11.8 Å². The Morgan fingerprint density at radius 1 is 1.32 bits per heavy atom. The molecule has 3 rings (SSSR count). The first-order valence-corrected chi connectivity index (χ1v) is 6.61. The van der Waals surface area contributed by atoms with Crippen LogP contribution in [0.4, 0.5) is 0 Å². The lowest BCUT2D eigenvalue weighted by atomic mass is 10.2. The molecule has 0 unspecified atom stereocenters. The lowest BCUT2D eigenvalue weighted by molar-refractivity contribution is 0.0950. The molecule has 2 aromatic heterocycles. The van der Waals surface area contributed by atoms with Gasteiger partial charge in [-0.25, -0.2) is 5.43 Å². The molecule has 0 aliphatic rings. The molecule has 0 spiro atoms.